The molecule has 0 heterocycles. The van der Waals surface area contributed by atoms with E-state index in [1.165, 1.54) is 13.1 Å². The van der Waals surface area contributed by atoms with Crippen LogP contribution in [0.1, 0.15) is 13.8 Å². The predicted octanol–water partition coefficient (Wildman–Crippen LogP) is 1.02. The van der Waals surface area contributed by atoms with Gasteiger partial charge in [-0.2, -0.15) is 0 Å². The number of Topliss-reactive ketones (excluding diaryl/α,β-unsaturated/α-hetero) is 1. The molecule has 0 bridgehead atoms. The van der Waals surface area contributed by atoms with Crippen molar-refractivity contribution in [2.75, 3.05) is 0 Å². The van der Waals surface area contributed by atoms with E-state index < -0.39 is 0 Å². The van der Waals surface area contributed by atoms with Crippen molar-refractivity contribution in [2.24, 2.45) is 10.7 Å². The lowest BCUT2D eigenvalue weighted by Gasteiger charge is -1.90. The number of nitrogens with zero attached hydrogens (tertiary/aromatic N) is 1. The zero-order chi connectivity index (χ0) is 8.85. The molecule has 0 unspecified atom stereocenters. The highest BCUT2D eigenvalue weighted by atomic mass is 16.1. The summed E-state index contributed by atoms with van der Waals surface area (Å²) in [6.45, 7) is 6.68. The van der Waals surface area contributed by atoms with E-state index in [9.17, 15) is 4.79 Å². The van der Waals surface area contributed by atoms with Crippen molar-refractivity contribution in [3.8, 4) is 0 Å². The van der Waals surface area contributed by atoms with Crippen LogP contribution in [0.4, 0.5) is 0 Å². The number of carbonyl (C=O) groups is 1. The number of nitrogens with two attached hydrogens (primary N) is 1. The first kappa shape index (κ1) is 9.62. The molecule has 11 heavy (non-hydrogen) atoms. The van der Waals surface area contributed by atoms with Crippen LogP contribution in [0, 0.1) is 0 Å². The average Bonchev–Trinajstić information content (AvgIpc) is 1.99. The van der Waals surface area contributed by atoms with Crippen LogP contribution in [0.3, 0.4) is 0 Å². The van der Waals surface area contributed by atoms with Gasteiger partial charge in [0.1, 0.15) is 5.82 Å². The summed E-state index contributed by atoms with van der Waals surface area (Å²) in [6.07, 6.45) is 3.00. The van der Waals surface area contributed by atoms with Crippen molar-refractivity contribution >= 4 is 12.0 Å². The summed E-state index contributed by atoms with van der Waals surface area (Å²) in [5.41, 5.74) is 5.69. The van der Waals surface area contributed by atoms with E-state index in [4.69, 9.17) is 5.73 Å². The molecule has 0 amide bonds. The first-order valence-electron chi connectivity index (χ1n) is 3.23. The van der Waals surface area contributed by atoms with E-state index in [1.807, 2.05) is 0 Å². The molecule has 0 aromatic heterocycles. The van der Waals surface area contributed by atoms with E-state index in [2.05, 4.69) is 11.6 Å². The van der Waals surface area contributed by atoms with Gasteiger partial charge in [-0.05, 0) is 19.9 Å². The molecule has 0 radical (unpaired) electrons. The van der Waals surface area contributed by atoms with E-state index in [1.54, 1.807) is 13.0 Å². The Morgan fingerprint density at radius 2 is 2.18 bits per heavy atom. The maximum Gasteiger partial charge on any atom is 0.160 e. The quantitative estimate of drug-likeness (QED) is 0.485. The number of ketones is 1. The Bertz CT molecular complexity index is 226. The minimum atomic E-state index is -0.0994. The van der Waals surface area contributed by atoms with E-state index >= 15 is 0 Å². The van der Waals surface area contributed by atoms with Crippen LogP contribution < -0.4 is 5.73 Å². The van der Waals surface area contributed by atoms with Gasteiger partial charge in [0.15, 0.2) is 5.78 Å². The predicted molar refractivity (Wildman–Crippen MR) is 46.3 cm³/mol. The molecule has 0 saturated heterocycles. The number of carbonyl (C=O) groups excluding carboxylic acids is 1. The van der Waals surface area contributed by atoms with Crippen molar-refractivity contribution in [1.29, 1.82) is 0 Å². The molecule has 0 spiro atoms. The molecule has 0 saturated carbocycles. The van der Waals surface area contributed by atoms with Crippen LogP contribution in [-0.2, 0) is 4.79 Å². The summed E-state index contributed by atoms with van der Waals surface area (Å²) >= 11 is 0. The molecule has 3 heteroatoms. The largest absolute Gasteiger partial charge is 0.384 e. The van der Waals surface area contributed by atoms with Crippen LogP contribution >= 0.6 is 0 Å². The van der Waals surface area contributed by atoms with Crippen LogP contribution in [0.25, 0.3) is 0 Å². The fourth-order valence-electron chi connectivity index (χ4n) is 0.318. The van der Waals surface area contributed by atoms with Crippen molar-refractivity contribution in [3.63, 3.8) is 0 Å². The fourth-order valence-corrected chi connectivity index (χ4v) is 0.318. The molecule has 0 aromatic carbocycles. The van der Waals surface area contributed by atoms with Gasteiger partial charge >= 0.3 is 0 Å². The Kier molecular flexibility index (Phi) is 3.88. The third-order valence-electron chi connectivity index (χ3n) is 1.12. The molecule has 0 aliphatic rings. The molecule has 0 rings (SSSR count). The van der Waals surface area contributed by atoms with Gasteiger partial charge in [0.2, 0.25) is 0 Å². The molecule has 2 N–H and O–H groups in total. The molecule has 0 aliphatic carbocycles. The average molecular weight is 152 g/mol. The Balaban J connectivity index is 4.15. The van der Waals surface area contributed by atoms with Gasteiger partial charge in [0.05, 0.1) is 0 Å². The summed E-state index contributed by atoms with van der Waals surface area (Å²) in [6, 6.07) is 0. The van der Waals surface area contributed by atoms with Crippen LogP contribution in [0.5, 0.6) is 0 Å². The monoisotopic (exact) mass is 152 g/mol. The minimum Gasteiger partial charge on any atom is -0.384 e. The molecule has 60 valence electrons. The standard InChI is InChI=1S/C8H12N2O/c1-4-8(9)10-5-6(2)7(3)11/h4-5H,2,9H2,1,3H3/b8-4-,10-5?. The summed E-state index contributed by atoms with van der Waals surface area (Å²) in [5, 5.41) is 0. The van der Waals surface area contributed by atoms with E-state index in [0.717, 1.165) is 0 Å². The Hall–Kier alpha value is -1.38. The van der Waals surface area contributed by atoms with Gasteiger partial charge in [-0.1, -0.05) is 6.58 Å². The van der Waals surface area contributed by atoms with Crippen molar-refractivity contribution < 1.29 is 4.79 Å². The highest BCUT2D eigenvalue weighted by Gasteiger charge is 1.93. The third-order valence-corrected chi connectivity index (χ3v) is 1.12. The highest BCUT2D eigenvalue weighted by Crippen LogP contribution is 1.90. The first-order chi connectivity index (χ1) is 5.07. The normalized spacial score (nSPS) is 12.0. The van der Waals surface area contributed by atoms with Crippen LogP contribution in [0.2, 0.25) is 0 Å². The third kappa shape index (κ3) is 4.08. The maximum atomic E-state index is 10.6. The van der Waals surface area contributed by atoms with E-state index in [0.29, 0.717) is 11.4 Å². The molecule has 0 aromatic rings. The highest BCUT2D eigenvalue weighted by molar-refractivity contribution is 6.11. The number of aliphatic imine (C=N–C) groups is 1. The second kappa shape index (κ2) is 4.44. The topological polar surface area (TPSA) is 55.4 Å². The smallest absolute Gasteiger partial charge is 0.160 e. The lowest BCUT2D eigenvalue weighted by molar-refractivity contribution is -0.113. The van der Waals surface area contributed by atoms with Gasteiger partial charge in [-0.25, -0.2) is 4.99 Å². The summed E-state index contributed by atoms with van der Waals surface area (Å²) in [7, 11) is 0. The summed E-state index contributed by atoms with van der Waals surface area (Å²) in [5.74, 6) is 0.282. The molecule has 0 atom stereocenters. The SMILES string of the molecule is C=C(C=N/C(N)=C\C)C(C)=O. The lowest BCUT2D eigenvalue weighted by Crippen LogP contribution is -1.98. The number of hydrogen-bond acceptors (Lipinski definition) is 3. The van der Waals surface area contributed by atoms with Crippen LogP contribution in [0.15, 0.2) is 29.0 Å². The van der Waals surface area contributed by atoms with Gasteiger partial charge < -0.3 is 5.73 Å². The fraction of sp³-hybridized carbons (Fsp3) is 0.250. The zero-order valence-corrected chi connectivity index (χ0v) is 6.79. The molecule has 0 aliphatic heterocycles. The second-order valence-electron chi connectivity index (χ2n) is 2.05. The number of allylic oxidation sites excluding steroid dienone is 2. The zero-order valence-electron chi connectivity index (χ0n) is 6.79. The summed E-state index contributed by atoms with van der Waals surface area (Å²) < 4.78 is 0. The van der Waals surface area contributed by atoms with E-state index in [-0.39, 0.29) is 5.78 Å². The van der Waals surface area contributed by atoms with Gasteiger partial charge in [0, 0.05) is 11.8 Å². The Morgan fingerprint density at radius 1 is 1.64 bits per heavy atom. The minimum absolute atomic E-state index is 0.0994. The first-order valence-corrected chi connectivity index (χ1v) is 3.23. The number of rotatable bonds is 3. The Labute approximate surface area is 66.3 Å². The van der Waals surface area contributed by atoms with Crippen molar-refractivity contribution in [1.82, 2.24) is 0 Å². The molecular weight excluding hydrogens is 140 g/mol. The summed E-state index contributed by atoms with van der Waals surface area (Å²) in [4.78, 5) is 14.4. The van der Waals surface area contributed by atoms with Crippen molar-refractivity contribution in [2.45, 2.75) is 13.8 Å². The lowest BCUT2D eigenvalue weighted by atomic mass is 10.2. The van der Waals surface area contributed by atoms with Gasteiger partial charge in [0.25, 0.3) is 0 Å². The van der Waals surface area contributed by atoms with Gasteiger partial charge in [-0.15, -0.1) is 0 Å². The van der Waals surface area contributed by atoms with Crippen molar-refractivity contribution in [3.05, 3.63) is 24.0 Å². The van der Waals surface area contributed by atoms with Gasteiger partial charge in [-0.3, -0.25) is 4.79 Å². The molecule has 3 nitrogen and oxygen atoms in total. The number of hydrogen-bond donors (Lipinski definition) is 1. The Morgan fingerprint density at radius 3 is 2.55 bits per heavy atom. The maximum absolute atomic E-state index is 10.6. The van der Waals surface area contributed by atoms with Crippen LogP contribution in [-0.4, -0.2) is 12.0 Å². The molecular formula is C8H12N2O. The molecule has 0 fully saturated rings. The second-order valence-corrected chi connectivity index (χ2v) is 2.05.